The van der Waals surface area contributed by atoms with E-state index < -0.39 is 17.6 Å². The Bertz CT molecular complexity index is 888. The maximum atomic E-state index is 11.8. The Hall–Kier alpha value is -2.76. The third-order valence-electron chi connectivity index (χ3n) is 3.86. The van der Waals surface area contributed by atoms with Crippen LogP contribution in [-0.4, -0.2) is 37.2 Å². The summed E-state index contributed by atoms with van der Waals surface area (Å²) in [6, 6.07) is 10.8. The van der Waals surface area contributed by atoms with E-state index in [0.29, 0.717) is 30.5 Å². The molecule has 0 spiro atoms. The van der Waals surface area contributed by atoms with Crippen LogP contribution in [0.4, 0.5) is 10.5 Å². The van der Waals surface area contributed by atoms with E-state index in [0.717, 1.165) is 12.0 Å². The molecule has 0 saturated heterocycles. The maximum Gasteiger partial charge on any atom is 0.412 e. The van der Waals surface area contributed by atoms with Crippen molar-refractivity contribution in [2.24, 2.45) is 10.7 Å². The second kappa shape index (κ2) is 12.2. The van der Waals surface area contributed by atoms with Crippen molar-refractivity contribution < 1.29 is 18.7 Å². The molecule has 2 aromatic rings. The largest absolute Gasteiger partial charge is 0.454 e. The summed E-state index contributed by atoms with van der Waals surface area (Å²) in [7, 11) is 1.67. The van der Waals surface area contributed by atoms with Gasteiger partial charge in [-0.3, -0.25) is 15.1 Å². The van der Waals surface area contributed by atoms with Gasteiger partial charge in [-0.15, -0.1) is 24.0 Å². The van der Waals surface area contributed by atoms with E-state index in [2.05, 4.69) is 20.9 Å². The lowest BCUT2D eigenvalue weighted by Gasteiger charge is -2.19. The molecule has 9 nitrogen and oxygen atoms in total. The van der Waals surface area contributed by atoms with E-state index in [4.69, 9.17) is 14.9 Å². The minimum atomic E-state index is -0.601. The fraction of sp³-hybridized carbons (Fsp3) is 0.381. The van der Waals surface area contributed by atoms with Crippen molar-refractivity contribution in [2.75, 3.05) is 18.9 Å². The van der Waals surface area contributed by atoms with Gasteiger partial charge in [-0.25, -0.2) is 4.79 Å². The lowest BCUT2D eigenvalue weighted by molar-refractivity contribution is 0.0635. The van der Waals surface area contributed by atoms with Gasteiger partial charge in [-0.2, -0.15) is 0 Å². The monoisotopic (exact) mass is 543 g/mol. The van der Waals surface area contributed by atoms with Gasteiger partial charge in [0.1, 0.15) is 11.4 Å². The number of hydrogen-bond acceptors (Lipinski definition) is 5. The number of nitrogens with one attached hydrogen (secondary N) is 3. The molecule has 1 heterocycles. The summed E-state index contributed by atoms with van der Waals surface area (Å²) < 4.78 is 10.6. The van der Waals surface area contributed by atoms with E-state index in [1.54, 1.807) is 13.1 Å². The lowest BCUT2D eigenvalue weighted by Crippen LogP contribution is -2.37. The number of aliphatic imine (C=N–C) groups is 1. The molecule has 0 aliphatic heterocycles. The summed E-state index contributed by atoms with van der Waals surface area (Å²) in [6.45, 7) is 6.48. The number of rotatable bonds is 7. The van der Waals surface area contributed by atoms with Crippen LogP contribution in [0.15, 0.2) is 45.8 Å². The van der Waals surface area contributed by atoms with Gasteiger partial charge in [0, 0.05) is 19.3 Å². The number of ether oxygens (including phenoxy) is 1. The van der Waals surface area contributed by atoms with Crippen LogP contribution in [0.1, 0.15) is 42.6 Å². The number of anilines is 1. The second-order valence-corrected chi connectivity index (χ2v) is 7.56. The first kappa shape index (κ1) is 26.3. The van der Waals surface area contributed by atoms with Crippen molar-refractivity contribution in [3.63, 3.8) is 0 Å². The Kier molecular flexibility index (Phi) is 10.3. The number of furan rings is 1. The first-order chi connectivity index (χ1) is 14.2. The molecule has 0 atom stereocenters. The minimum absolute atomic E-state index is 0. The number of benzene rings is 1. The molecule has 0 aliphatic rings. The van der Waals surface area contributed by atoms with Crippen LogP contribution in [0.3, 0.4) is 0 Å². The van der Waals surface area contributed by atoms with Crippen molar-refractivity contribution >= 4 is 47.6 Å². The third kappa shape index (κ3) is 9.73. The van der Waals surface area contributed by atoms with Gasteiger partial charge < -0.3 is 25.5 Å². The molecular weight excluding hydrogens is 513 g/mol. The van der Waals surface area contributed by atoms with E-state index >= 15 is 0 Å². The predicted octanol–water partition coefficient (Wildman–Crippen LogP) is 3.25. The van der Waals surface area contributed by atoms with Crippen LogP contribution in [0.25, 0.3) is 0 Å². The zero-order chi connectivity index (χ0) is 22.1. The third-order valence-corrected chi connectivity index (χ3v) is 3.86. The van der Waals surface area contributed by atoms with Crippen molar-refractivity contribution in [1.82, 2.24) is 10.6 Å². The normalized spacial score (nSPS) is 11.3. The average molecular weight is 543 g/mol. The topological polar surface area (TPSA) is 131 Å². The molecule has 1 aromatic heterocycles. The number of nitrogens with zero attached hydrogens (tertiary/aromatic N) is 1. The predicted molar refractivity (Wildman–Crippen MR) is 131 cm³/mol. The summed E-state index contributed by atoms with van der Waals surface area (Å²) in [5.41, 5.74) is 6.41. The summed E-state index contributed by atoms with van der Waals surface area (Å²) in [5.74, 6) is 0.713. The SMILES string of the molecule is CN=C(NCCc1ccc(NC(=O)OC(C)(C)C)cc1)NCc1ccc(C(N)=O)o1.I. The number of hydrogen-bond donors (Lipinski definition) is 4. The molecule has 170 valence electrons. The molecule has 2 amide bonds. The fourth-order valence-electron chi connectivity index (χ4n) is 2.50. The molecule has 31 heavy (non-hydrogen) atoms. The van der Waals surface area contributed by atoms with Crippen LogP contribution < -0.4 is 21.7 Å². The van der Waals surface area contributed by atoms with Gasteiger partial charge in [0.25, 0.3) is 5.91 Å². The quantitative estimate of drug-likeness (QED) is 0.241. The van der Waals surface area contributed by atoms with Gasteiger partial charge in [0.05, 0.1) is 6.54 Å². The summed E-state index contributed by atoms with van der Waals surface area (Å²) >= 11 is 0. The van der Waals surface area contributed by atoms with Crippen LogP contribution in [-0.2, 0) is 17.7 Å². The molecule has 5 N–H and O–H groups in total. The number of carbonyl (C=O) groups is 2. The fourth-order valence-corrected chi connectivity index (χ4v) is 2.50. The molecule has 0 aliphatic carbocycles. The molecule has 0 radical (unpaired) electrons. The molecule has 0 unspecified atom stereocenters. The van der Waals surface area contributed by atoms with Gasteiger partial charge in [-0.05, 0) is 57.0 Å². The van der Waals surface area contributed by atoms with Gasteiger partial charge in [0.2, 0.25) is 0 Å². The molecule has 1 aromatic carbocycles. The van der Waals surface area contributed by atoms with E-state index in [9.17, 15) is 9.59 Å². The van der Waals surface area contributed by atoms with E-state index in [1.165, 1.54) is 6.07 Å². The minimum Gasteiger partial charge on any atom is -0.454 e. The van der Waals surface area contributed by atoms with Crippen LogP contribution >= 0.6 is 24.0 Å². The first-order valence-electron chi connectivity index (χ1n) is 9.58. The highest BCUT2D eigenvalue weighted by Gasteiger charge is 2.16. The van der Waals surface area contributed by atoms with E-state index in [1.807, 2.05) is 45.0 Å². The first-order valence-corrected chi connectivity index (χ1v) is 9.58. The molecule has 10 heteroatoms. The highest BCUT2D eigenvalue weighted by Crippen LogP contribution is 2.13. The summed E-state index contributed by atoms with van der Waals surface area (Å²) in [5, 5.41) is 9.02. The Morgan fingerprint density at radius 3 is 2.32 bits per heavy atom. The van der Waals surface area contributed by atoms with Crippen LogP contribution in [0.2, 0.25) is 0 Å². The van der Waals surface area contributed by atoms with Crippen LogP contribution in [0, 0.1) is 0 Å². The highest BCUT2D eigenvalue weighted by molar-refractivity contribution is 14.0. The molecule has 0 bridgehead atoms. The van der Waals surface area contributed by atoms with Crippen molar-refractivity contribution in [3.8, 4) is 0 Å². The Morgan fingerprint density at radius 1 is 1.10 bits per heavy atom. The number of primary amides is 1. The van der Waals surface area contributed by atoms with Gasteiger partial charge in [0.15, 0.2) is 11.7 Å². The smallest absolute Gasteiger partial charge is 0.412 e. The Morgan fingerprint density at radius 2 is 1.77 bits per heavy atom. The molecule has 0 fully saturated rings. The number of halogens is 1. The van der Waals surface area contributed by atoms with Crippen LogP contribution in [0.5, 0.6) is 0 Å². The summed E-state index contributed by atoms with van der Waals surface area (Å²) in [6.07, 6.45) is 0.284. The van der Waals surface area contributed by atoms with Crippen molar-refractivity contribution in [2.45, 2.75) is 39.3 Å². The zero-order valence-corrected chi connectivity index (χ0v) is 20.5. The van der Waals surface area contributed by atoms with E-state index in [-0.39, 0.29) is 29.7 Å². The van der Waals surface area contributed by atoms with Gasteiger partial charge >= 0.3 is 6.09 Å². The highest BCUT2D eigenvalue weighted by atomic mass is 127. The Labute approximate surface area is 199 Å². The maximum absolute atomic E-state index is 11.8. The van der Waals surface area contributed by atoms with Gasteiger partial charge in [-0.1, -0.05) is 12.1 Å². The second-order valence-electron chi connectivity index (χ2n) is 7.56. The standard InChI is InChI=1S/C21H29N5O4.HI/c1-21(2,3)30-20(28)26-15-7-5-14(6-8-15)11-12-24-19(23-4)25-13-16-9-10-17(29-16)18(22)27;/h5-10H,11-13H2,1-4H3,(H2,22,27)(H,26,28)(H2,23,24,25);1H. The average Bonchev–Trinajstić information content (AvgIpc) is 3.13. The number of nitrogens with two attached hydrogens (primary N) is 1. The number of carbonyl (C=O) groups excluding carboxylic acids is 2. The Balaban J connectivity index is 0.00000480. The van der Waals surface area contributed by atoms with Crippen molar-refractivity contribution in [3.05, 3.63) is 53.5 Å². The number of amides is 2. The molecule has 0 saturated carbocycles. The summed E-state index contributed by atoms with van der Waals surface area (Å²) in [4.78, 5) is 27.0. The zero-order valence-electron chi connectivity index (χ0n) is 18.2. The lowest BCUT2D eigenvalue weighted by atomic mass is 10.1. The number of guanidine groups is 1. The molecular formula is C21H30IN5O4. The van der Waals surface area contributed by atoms with Crippen molar-refractivity contribution in [1.29, 1.82) is 0 Å². The molecule has 2 rings (SSSR count).